The van der Waals surface area contributed by atoms with Gasteiger partial charge < -0.3 is 14.2 Å². The fourth-order valence-electron chi connectivity index (χ4n) is 4.36. The summed E-state index contributed by atoms with van der Waals surface area (Å²) in [6.07, 6.45) is 5.16. The van der Waals surface area contributed by atoms with Gasteiger partial charge in [-0.2, -0.15) is 0 Å². The Kier molecular flexibility index (Phi) is 7.07. The first kappa shape index (κ1) is 21.3. The van der Waals surface area contributed by atoms with Crippen LogP contribution in [0.2, 0.25) is 0 Å². The molecule has 0 atom stereocenters. The van der Waals surface area contributed by atoms with Gasteiger partial charge in [-0.25, -0.2) is 4.98 Å². The highest BCUT2D eigenvalue weighted by Gasteiger charge is 2.30. The third-order valence-electron chi connectivity index (χ3n) is 6.06. The van der Waals surface area contributed by atoms with Gasteiger partial charge in [-0.15, -0.1) is 0 Å². The van der Waals surface area contributed by atoms with Gasteiger partial charge in [0.25, 0.3) is 0 Å². The number of aromatic nitrogens is 1. The van der Waals surface area contributed by atoms with Crippen molar-refractivity contribution >= 4 is 32.6 Å². The van der Waals surface area contributed by atoms with E-state index in [2.05, 4.69) is 4.90 Å². The molecule has 7 nitrogen and oxygen atoms in total. The van der Waals surface area contributed by atoms with Crippen LogP contribution in [0.4, 0.5) is 5.13 Å². The van der Waals surface area contributed by atoms with Crippen LogP contribution in [0.3, 0.4) is 0 Å². The predicted molar refractivity (Wildman–Crippen MR) is 119 cm³/mol. The van der Waals surface area contributed by atoms with Crippen molar-refractivity contribution in [3.63, 3.8) is 0 Å². The Labute approximate surface area is 181 Å². The highest BCUT2D eigenvalue weighted by Crippen LogP contribution is 2.41. The number of methoxy groups -OCH3 is 2. The molecule has 0 radical (unpaired) electrons. The molecule has 1 saturated carbocycles. The Morgan fingerprint density at radius 2 is 1.90 bits per heavy atom. The van der Waals surface area contributed by atoms with E-state index in [0.29, 0.717) is 12.3 Å². The Morgan fingerprint density at radius 3 is 2.60 bits per heavy atom. The standard InChI is InChI=1S/C22H31N3O4S/c1-27-17-8-9-18(28-2)20-19(17)23-22(30-20)25(21(26)16-6-3-4-7-16)11-5-10-24-12-14-29-15-13-24/h8-9,16H,3-7,10-15H2,1-2H3. The van der Waals surface area contributed by atoms with E-state index in [0.717, 1.165) is 86.0 Å². The molecule has 164 valence electrons. The lowest BCUT2D eigenvalue weighted by atomic mass is 10.1. The quantitative estimate of drug-likeness (QED) is 0.634. The monoisotopic (exact) mass is 433 g/mol. The van der Waals surface area contributed by atoms with Gasteiger partial charge in [0.2, 0.25) is 5.91 Å². The maximum Gasteiger partial charge on any atom is 0.231 e. The van der Waals surface area contributed by atoms with E-state index in [4.69, 9.17) is 19.2 Å². The average Bonchev–Trinajstić information content (AvgIpc) is 3.47. The largest absolute Gasteiger partial charge is 0.495 e. The fourth-order valence-corrected chi connectivity index (χ4v) is 5.47. The zero-order valence-corrected chi connectivity index (χ0v) is 18.7. The minimum Gasteiger partial charge on any atom is -0.495 e. The molecule has 30 heavy (non-hydrogen) atoms. The van der Waals surface area contributed by atoms with Crippen LogP contribution in [-0.2, 0) is 9.53 Å². The van der Waals surface area contributed by atoms with Crippen LogP contribution in [0, 0.1) is 5.92 Å². The summed E-state index contributed by atoms with van der Waals surface area (Å²) in [5.41, 5.74) is 0.759. The lowest BCUT2D eigenvalue weighted by molar-refractivity contribution is -0.122. The number of carbonyl (C=O) groups is 1. The topological polar surface area (TPSA) is 64.1 Å². The number of hydrogen-bond donors (Lipinski definition) is 0. The van der Waals surface area contributed by atoms with Gasteiger partial charge >= 0.3 is 0 Å². The van der Waals surface area contributed by atoms with E-state index >= 15 is 0 Å². The Hall–Kier alpha value is -1.90. The molecular weight excluding hydrogens is 402 g/mol. The molecule has 0 bridgehead atoms. The van der Waals surface area contributed by atoms with Crippen LogP contribution >= 0.6 is 11.3 Å². The first-order valence-corrected chi connectivity index (χ1v) is 11.7. The molecule has 0 N–H and O–H groups in total. The van der Waals surface area contributed by atoms with E-state index < -0.39 is 0 Å². The number of carbonyl (C=O) groups excluding carboxylic acids is 1. The van der Waals surface area contributed by atoms with E-state index in [9.17, 15) is 4.79 Å². The van der Waals surface area contributed by atoms with Gasteiger partial charge in [0.05, 0.1) is 27.4 Å². The third-order valence-corrected chi connectivity index (χ3v) is 7.15. The lowest BCUT2D eigenvalue weighted by Gasteiger charge is -2.28. The number of ether oxygens (including phenoxy) is 3. The smallest absolute Gasteiger partial charge is 0.231 e. The molecule has 4 rings (SSSR count). The highest BCUT2D eigenvalue weighted by atomic mass is 32.1. The van der Waals surface area contributed by atoms with Crippen molar-refractivity contribution < 1.29 is 19.0 Å². The summed E-state index contributed by atoms with van der Waals surface area (Å²) in [4.78, 5) is 22.6. The van der Waals surface area contributed by atoms with Crippen molar-refractivity contribution in [1.82, 2.24) is 9.88 Å². The lowest BCUT2D eigenvalue weighted by Crippen LogP contribution is -2.40. The van der Waals surface area contributed by atoms with Crippen LogP contribution in [0.15, 0.2) is 12.1 Å². The van der Waals surface area contributed by atoms with Crippen molar-refractivity contribution in [2.75, 3.05) is 58.5 Å². The number of morpholine rings is 1. The summed E-state index contributed by atoms with van der Waals surface area (Å²) in [5, 5.41) is 0.742. The molecule has 1 aromatic carbocycles. The number of amides is 1. The van der Waals surface area contributed by atoms with Crippen molar-refractivity contribution in [3.05, 3.63) is 12.1 Å². The first-order chi connectivity index (χ1) is 14.7. The van der Waals surface area contributed by atoms with Gasteiger partial charge in [0.1, 0.15) is 21.7 Å². The molecule has 0 spiro atoms. The minimum atomic E-state index is 0.115. The van der Waals surface area contributed by atoms with Gasteiger partial charge in [-0.05, 0) is 31.4 Å². The van der Waals surface area contributed by atoms with E-state index in [-0.39, 0.29) is 11.8 Å². The number of fused-ring (bicyclic) bond motifs is 1. The zero-order valence-electron chi connectivity index (χ0n) is 17.9. The van der Waals surface area contributed by atoms with E-state index in [1.165, 1.54) is 11.3 Å². The van der Waals surface area contributed by atoms with Crippen molar-refractivity contribution in [2.45, 2.75) is 32.1 Å². The number of anilines is 1. The molecule has 1 amide bonds. The minimum absolute atomic E-state index is 0.115. The second kappa shape index (κ2) is 9.94. The molecule has 1 aliphatic carbocycles. The SMILES string of the molecule is COc1ccc(OC)c2sc(N(CCCN3CCOCC3)C(=O)C3CCCC3)nc12. The van der Waals surface area contributed by atoms with Crippen molar-refractivity contribution in [3.8, 4) is 11.5 Å². The molecule has 1 aromatic heterocycles. The molecule has 2 fully saturated rings. The summed E-state index contributed by atoms with van der Waals surface area (Å²) in [7, 11) is 3.30. The molecule has 8 heteroatoms. The maximum absolute atomic E-state index is 13.4. The Morgan fingerprint density at radius 1 is 1.20 bits per heavy atom. The second-order valence-corrected chi connectivity index (χ2v) is 8.90. The summed E-state index contributed by atoms with van der Waals surface area (Å²) < 4.78 is 17.4. The third kappa shape index (κ3) is 4.55. The number of nitrogens with zero attached hydrogens (tertiary/aromatic N) is 3. The molecule has 1 saturated heterocycles. The van der Waals surface area contributed by atoms with Crippen LogP contribution in [0.5, 0.6) is 11.5 Å². The van der Waals surface area contributed by atoms with Crippen LogP contribution in [-0.4, -0.2) is 69.4 Å². The van der Waals surface area contributed by atoms with Gasteiger partial charge in [0, 0.05) is 32.1 Å². The average molecular weight is 434 g/mol. The van der Waals surface area contributed by atoms with E-state index in [1.807, 2.05) is 17.0 Å². The Bertz CT molecular complexity index is 818. The fraction of sp³-hybridized carbons (Fsp3) is 0.636. The molecule has 2 aromatic rings. The number of rotatable bonds is 8. The molecule has 1 aliphatic heterocycles. The number of thiazole rings is 1. The predicted octanol–water partition coefficient (Wildman–Crippen LogP) is 3.56. The number of benzene rings is 1. The summed E-state index contributed by atoms with van der Waals surface area (Å²) in [6, 6.07) is 3.76. The maximum atomic E-state index is 13.4. The zero-order chi connectivity index (χ0) is 20.9. The normalized spacial score (nSPS) is 18.1. The molecule has 0 unspecified atom stereocenters. The van der Waals surface area contributed by atoms with Gasteiger partial charge in [0.15, 0.2) is 5.13 Å². The number of hydrogen-bond acceptors (Lipinski definition) is 7. The van der Waals surface area contributed by atoms with Crippen LogP contribution in [0.25, 0.3) is 10.2 Å². The molecule has 2 aliphatic rings. The van der Waals surface area contributed by atoms with Gasteiger partial charge in [-0.3, -0.25) is 14.6 Å². The Balaban J connectivity index is 1.58. The summed E-state index contributed by atoms with van der Waals surface area (Å²) >= 11 is 1.51. The molecular formula is C22H31N3O4S. The summed E-state index contributed by atoms with van der Waals surface area (Å²) in [6.45, 7) is 5.16. The van der Waals surface area contributed by atoms with E-state index in [1.54, 1.807) is 14.2 Å². The highest BCUT2D eigenvalue weighted by molar-refractivity contribution is 7.22. The van der Waals surface area contributed by atoms with Crippen molar-refractivity contribution in [2.24, 2.45) is 5.92 Å². The molecule has 2 heterocycles. The first-order valence-electron chi connectivity index (χ1n) is 10.8. The summed E-state index contributed by atoms with van der Waals surface area (Å²) in [5.74, 6) is 1.79. The van der Waals surface area contributed by atoms with Crippen LogP contribution in [0.1, 0.15) is 32.1 Å². The van der Waals surface area contributed by atoms with Gasteiger partial charge in [-0.1, -0.05) is 24.2 Å². The second-order valence-electron chi connectivity index (χ2n) is 7.92. The van der Waals surface area contributed by atoms with Crippen molar-refractivity contribution in [1.29, 1.82) is 0 Å². The van der Waals surface area contributed by atoms with Crippen LogP contribution < -0.4 is 14.4 Å².